The normalized spacial score (nSPS) is 10.5. The van der Waals surface area contributed by atoms with Gasteiger partial charge in [0.25, 0.3) is 5.91 Å². The van der Waals surface area contributed by atoms with Crippen LogP contribution in [0.4, 0.5) is 10.1 Å². The summed E-state index contributed by atoms with van der Waals surface area (Å²) < 4.78 is 14.6. The summed E-state index contributed by atoms with van der Waals surface area (Å²) >= 11 is 0. The van der Waals surface area contributed by atoms with Crippen molar-refractivity contribution in [3.05, 3.63) is 59.9 Å². The summed E-state index contributed by atoms with van der Waals surface area (Å²) in [6.07, 6.45) is 0. The van der Waals surface area contributed by atoms with Crippen molar-refractivity contribution < 1.29 is 9.18 Å². The molecular formula is C15H12FN5O. The minimum atomic E-state index is -0.400. The van der Waals surface area contributed by atoms with E-state index in [-0.39, 0.29) is 5.91 Å². The molecule has 0 atom stereocenters. The van der Waals surface area contributed by atoms with E-state index >= 15 is 0 Å². The first kappa shape index (κ1) is 13.9. The minimum absolute atomic E-state index is 0.312. The number of amides is 1. The molecule has 0 fully saturated rings. The van der Waals surface area contributed by atoms with Crippen molar-refractivity contribution in [3.63, 3.8) is 0 Å². The van der Waals surface area contributed by atoms with Gasteiger partial charge in [0.15, 0.2) is 5.82 Å². The fourth-order valence-corrected chi connectivity index (χ4v) is 2.01. The van der Waals surface area contributed by atoms with Crippen LogP contribution in [0.5, 0.6) is 0 Å². The maximum absolute atomic E-state index is 13.1. The number of tetrazole rings is 1. The van der Waals surface area contributed by atoms with E-state index in [1.165, 1.54) is 18.2 Å². The van der Waals surface area contributed by atoms with Gasteiger partial charge < -0.3 is 5.32 Å². The Morgan fingerprint density at radius 1 is 1.18 bits per heavy atom. The highest BCUT2D eigenvalue weighted by molar-refractivity contribution is 6.04. The lowest BCUT2D eigenvalue weighted by atomic mass is 10.1. The van der Waals surface area contributed by atoms with E-state index in [1.54, 1.807) is 42.1 Å². The summed E-state index contributed by atoms with van der Waals surface area (Å²) in [6.45, 7) is 0. The third-order valence-electron chi connectivity index (χ3n) is 3.11. The molecule has 1 amide bonds. The van der Waals surface area contributed by atoms with Crippen molar-refractivity contribution in [3.8, 4) is 11.4 Å². The second kappa shape index (κ2) is 5.72. The minimum Gasteiger partial charge on any atom is -0.322 e. The average molecular weight is 297 g/mol. The number of carbonyl (C=O) groups excluding carboxylic acids is 1. The summed E-state index contributed by atoms with van der Waals surface area (Å²) in [5.74, 6) is -0.103. The molecule has 0 aliphatic heterocycles. The SMILES string of the molecule is Cn1nnnc1-c1ccc(C(=O)Nc2cccc(F)c2)cc1. The number of benzene rings is 2. The van der Waals surface area contributed by atoms with Crippen LogP contribution in [0.15, 0.2) is 48.5 Å². The molecule has 0 radical (unpaired) electrons. The molecule has 1 heterocycles. The van der Waals surface area contributed by atoms with Crippen LogP contribution in [0.3, 0.4) is 0 Å². The number of nitrogens with zero attached hydrogens (tertiary/aromatic N) is 4. The van der Waals surface area contributed by atoms with Gasteiger partial charge in [-0.2, -0.15) is 0 Å². The van der Waals surface area contributed by atoms with Crippen LogP contribution in [-0.2, 0) is 7.05 Å². The van der Waals surface area contributed by atoms with Gasteiger partial charge in [0.2, 0.25) is 0 Å². The molecule has 110 valence electrons. The zero-order valence-corrected chi connectivity index (χ0v) is 11.7. The number of hydrogen-bond acceptors (Lipinski definition) is 4. The third-order valence-corrected chi connectivity index (χ3v) is 3.11. The van der Waals surface area contributed by atoms with Crippen molar-refractivity contribution >= 4 is 11.6 Å². The predicted molar refractivity (Wildman–Crippen MR) is 78.6 cm³/mol. The summed E-state index contributed by atoms with van der Waals surface area (Å²) in [7, 11) is 1.74. The fraction of sp³-hybridized carbons (Fsp3) is 0.0667. The quantitative estimate of drug-likeness (QED) is 0.805. The fourth-order valence-electron chi connectivity index (χ4n) is 2.01. The highest BCUT2D eigenvalue weighted by Gasteiger charge is 2.09. The molecule has 3 aromatic rings. The van der Waals surface area contributed by atoms with Crippen molar-refractivity contribution in [1.29, 1.82) is 0 Å². The first-order valence-corrected chi connectivity index (χ1v) is 6.53. The molecule has 6 nitrogen and oxygen atoms in total. The largest absolute Gasteiger partial charge is 0.322 e. The zero-order valence-electron chi connectivity index (χ0n) is 11.7. The van der Waals surface area contributed by atoms with Gasteiger partial charge in [-0.1, -0.05) is 18.2 Å². The number of rotatable bonds is 3. The number of anilines is 1. The highest BCUT2D eigenvalue weighted by Crippen LogP contribution is 2.17. The average Bonchev–Trinajstić information content (AvgIpc) is 2.93. The first-order valence-electron chi connectivity index (χ1n) is 6.53. The van der Waals surface area contributed by atoms with Crippen LogP contribution < -0.4 is 5.32 Å². The van der Waals surface area contributed by atoms with Crippen LogP contribution in [0, 0.1) is 5.82 Å². The Hall–Kier alpha value is -3.09. The van der Waals surface area contributed by atoms with Crippen molar-refractivity contribution in [2.75, 3.05) is 5.32 Å². The van der Waals surface area contributed by atoms with E-state index in [0.29, 0.717) is 17.1 Å². The smallest absolute Gasteiger partial charge is 0.255 e. The first-order chi connectivity index (χ1) is 10.6. The van der Waals surface area contributed by atoms with Gasteiger partial charge in [-0.05, 0) is 40.8 Å². The van der Waals surface area contributed by atoms with Gasteiger partial charge >= 0.3 is 0 Å². The topological polar surface area (TPSA) is 72.7 Å². The van der Waals surface area contributed by atoms with Gasteiger partial charge in [0.1, 0.15) is 5.82 Å². The number of aryl methyl sites for hydroxylation is 1. The molecule has 0 aliphatic carbocycles. The Kier molecular flexibility index (Phi) is 3.61. The molecule has 1 N–H and O–H groups in total. The Morgan fingerprint density at radius 3 is 2.59 bits per heavy atom. The third kappa shape index (κ3) is 2.83. The molecule has 0 unspecified atom stereocenters. The number of nitrogens with one attached hydrogen (secondary N) is 1. The van der Waals surface area contributed by atoms with Crippen molar-refractivity contribution in [1.82, 2.24) is 20.2 Å². The van der Waals surface area contributed by atoms with Crippen LogP contribution in [0.2, 0.25) is 0 Å². The molecule has 2 aromatic carbocycles. The van der Waals surface area contributed by atoms with E-state index in [0.717, 1.165) is 5.56 Å². The number of carbonyl (C=O) groups is 1. The summed E-state index contributed by atoms with van der Waals surface area (Å²) in [5, 5.41) is 13.9. The summed E-state index contributed by atoms with van der Waals surface area (Å²) in [6, 6.07) is 12.6. The van der Waals surface area contributed by atoms with Gasteiger partial charge in [-0.15, -0.1) is 5.10 Å². The molecule has 0 spiro atoms. The molecule has 1 aromatic heterocycles. The molecule has 0 saturated heterocycles. The second-order valence-corrected chi connectivity index (χ2v) is 4.67. The Labute approximate surface area is 125 Å². The second-order valence-electron chi connectivity index (χ2n) is 4.67. The number of hydrogen-bond donors (Lipinski definition) is 1. The van der Waals surface area contributed by atoms with Crippen LogP contribution >= 0.6 is 0 Å². The molecular weight excluding hydrogens is 285 g/mol. The number of halogens is 1. The van der Waals surface area contributed by atoms with Gasteiger partial charge in [0, 0.05) is 23.9 Å². The lowest BCUT2D eigenvalue weighted by Gasteiger charge is -2.06. The van der Waals surface area contributed by atoms with Gasteiger partial charge in [-0.25, -0.2) is 9.07 Å². The molecule has 22 heavy (non-hydrogen) atoms. The van der Waals surface area contributed by atoms with E-state index < -0.39 is 5.82 Å². The number of aromatic nitrogens is 4. The Bertz CT molecular complexity index is 813. The molecule has 7 heteroatoms. The molecule has 0 aliphatic rings. The van der Waals surface area contributed by atoms with Crippen LogP contribution in [0.1, 0.15) is 10.4 Å². The van der Waals surface area contributed by atoms with Crippen molar-refractivity contribution in [2.24, 2.45) is 7.05 Å². The van der Waals surface area contributed by atoms with Crippen molar-refractivity contribution in [2.45, 2.75) is 0 Å². The van der Waals surface area contributed by atoms with Crippen LogP contribution in [0.25, 0.3) is 11.4 Å². The van der Waals surface area contributed by atoms with Crippen LogP contribution in [-0.4, -0.2) is 26.1 Å². The predicted octanol–water partition coefficient (Wildman–Crippen LogP) is 2.27. The van der Waals surface area contributed by atoms with E-state index in [2.05, 4.69) is 20.8 Å². The van der Waals surface area contributed by atoms with E-state index in [9.17, 15) is 9.18 Å². The van der Waals surface area contributed by atoms with E-state index in [1.807, 2.05) is 0 Å². The summed E-state index contributed by atoms with van der Waals surface area (Å²) in [4.78, 5) is 12.1. The van der Waals surface area contributed by atoms with Gasteiger partial charge in [0.05, 0.1) is 0 Å². The maximum atomic E-state index is 13.1. The van der Waals surface area contributed by atoms with E-state index in [4.69, 9.17) is 0 Å². The molecule has 3 rings (SSSR count). The highest BCUT2D eigenvalue weighted by atomic mass is 19.1. The lowest BCUT2D eigenvalue weighted by Crippen LogP contribution is -2.11. The lowest BCUT2D eigenvalue weighted by molar-refractivity contribution is 0.102. The standard InChI is InChI=1S/C15H12FN5O/c1-21-14(18-19-20-21)10-5-7-11(8-6-10)15(22)17-13-4-2-3-12(16)9-13/h2-9H,1H3,(H,17,22). The molecule has 0 bridgehead atoms. The Balaban J connectivity index is 1.78. The monoisotopic (exact) mass is 297 g/mol. The van der Waals surface area contributed by atoms with Gasteiger partial charge in [-0.3, -0.25) is 4.79 Å². The molecule has 0 saturated carbocycles. The summed E-state index contributed by atoms with van der Waals surface area (Å²) in [5.41, 5.74) is 1.67. The Morgan fingerprint density at radius 2 is 1.95 bits per heavy atom. The maximum Gasteiger partial charge on any atom is 0.255 e. The zero-order chi connectivity index (χ0) is 15.5.